The number of benzene rings is 1. The maximum Gasteiger partial charge on any atom is 0.236 e. The van der Waals surface area contributed by atoms with Gasteiger partial charge in [-0.1, -0.05) is 35.5 Å². The minimum absolute atomic E-state index is 0.0927. The first-order valence-electron chi connectivity index (χ1n) is 6.89. The van der Waals surface area contributed by atoms with Crippen LogP contribution in [0.5, 0.6) is 0 Å². The molecular formula is C15H19N3O2. The highest BCUT2D eigenvalue weighted by molar-refractivity contribution is 5.16. The zero-order valence-electron chi connectivity index (χ0n) is 11.6. The predicted octanol–water partition coefficient (Wildman–Crippen LogP) is 1.47. The topological polar surface area (TPSA) is 74.2 Å². The normalized spacial score (nSPS) is 26.0. The third-order valence-corrected chi connectivity index (χ3v) is 3.95. The summed E-state index contributed by atoms with van der Waals surface area (Å²) in [6, 6.07) is 10.2. The minimum atomic E-state index is -0.363. The van der Waals surface area contributed by atoms with Crippen molar-refractivity contribution in [3.63, 3.8) is 0 Å². The van der Waals surface area contributed by atoms with Crippen LogP contribution in [0.15, 0.2) is 34.9 Å². The Bertz CT molecular complexity index is 570. The van der Waals surface area contributed by atoms with Gasteiger partial charge in [0, 0.05) is 12.5 Å². The van der Waals surface area contributed by atoms with Gasteiger partial charge in [-0.2, -0.15) is 4.98 Å². The van der Waals surface area contributed by atoms with E-state index in [2.05, 4.69) is 22.3 Å². The maximum absolute atomic E-state index is 6.07. The highest BCUT2D eigenvalue weighted by Gasteiger charge is 2.44. The lowest BCUT2D eigenvalue weighted by Gasteiger charge is -2.21. The van der Waals surface area contributed by atoms with Crippen LogP contribution in [0.4, 0.5) is 0 Å². The molecule has 0 aliphatic carbocycles. The van der Waals surface area contributed by atoms with Crippen LogP contribution in [-0.2, 0) is 23.0 Å². The van der Waals surface area contributed by atoms with Crippen molar-refractivity contribution >= 4 is 0 Å². The van der Waals surface area contributed by atoms with Crippen LogP contribution >= 0.6 is 0 Å². The lowest BCUT2D eigenvalue weighted by molar-refractivity contribution is 0.169. The highest BCUT2D eigenvalue weighted by atomic mass is 16.5. The standard InChI is InChI=1S/C15H19N3O2/c1-15(10-19-9-12(15)16)14-17-13(18-20-14)8-7-11-5-3-2-4-6-11/h2-6,12H,7-10,16H2,1H3. The first-order valence-corrected chi connectivity index (χ1v) is 6.89. The third-order valence-electron chi connectivity index (χ3n) is 3.95. The van der Waals surface area contributed by atoms with Crippen molar-refractivity contribution in [1.82, 2.24) is 10.1 Å². The summed E-state index contributed by atoms with van der Waals surface area (Å²) >= 11 is 0. The van der Waals surface area contributed by atoms with Gasteiger partial charge in [-0.3, -0.25) is 0 Å². The van der Waals surface area contributed by atoms with Crippen molar-refractivity contribution in [2.45, 2.75) is 31.2 Å². The van der Waals surface area contributed by atoms with E-state index in [1.807, 2.05) is 25.1 Å². The molecule has 106 valence electrons. The van der Waals surface area contributed by atoms with Crippen LogP contribution in [0.3, 0.4) is 0 Å². The molecule has 5 heteroatoms. The van der Waals surface area contributed by atoms with E-state index < -0.39 is 0 Å². The number of rotatable bonds is 4. The van der Waals surface area contributed by atoms with Crippen molar-refractivity contribution in [2.75, 3.05) is 13.2 Å². The van der Waals surface area contributed by atoms with E-state index >= 15 is 0 Å². The van der Waals surface area contributed by atoms with E-state index in [1.165, 1.54) is 5.56 Å². The number of nitrogens with zero attached hydrogens (tertiary/aromatic N) is 2. The molecule has 0 saturated carbocycles. The first-order chi connectivity index (χ1) is 9.68. The van der Waals surface area contributed by atoms with Crippen molar-refractivity contribution in [3.05, 3.63) is 47.6 Å². The summed E-state index contributed by atoms with van der Waals surface area (Å²) in [4.78, 5) is 4.49. The van der Waals surface area contributed by atoms with Crippen molar-refractivity contribution in [1.29, 1.82) is 0 Å². The second-order valence-electron chi connectivity index (χ2n) is 5.54. The van der Waals surface area contributed by atoms with E-state index in [0.29, 0.717) is 19.1 Å². The van der Waals surface area contributed by atoms with Crippen molar-refractivity contribution in [2.24, 2.45) is 5.73 Å². The molecule has 3 rings (SSSR count). The molecule has 2 unspecified atom stereocenters. The molecule has 2 N–H and O–H groups in total. The van der Waals surface area contributed by atoms with Gasteiger partial charge in [0.15, 0.2) is 5.82 Å². The number of hydrogen-bond donors (Lipinski definition) is 1. The largest absolute Gasteiger partial charge is 0.379 e. The van der Waals surface area contributed by atoms with Crippen molar-refractivity contribution in [3.8, 4) is 0 Å². The Labute approximate surface area is 118 Å². The average molecular weight is 273 g/mol. The molecule has 0 spiro atoms. The van der Waals surface area contributed by atoms with E-state index in [1.54, 1.807) is 0 Å². The number of aryl methyl sites for hydroxylation is 2. The van der Waals surface area contributed by atoms with Gasteiger partial charge < -0.3 is 15.0 Å². The van der Waals surface area contributed by atoms with Crippen LogP contribution in [-0.4, -0.2) is 29.4 Å². The second kappa shape index (κ2) is 5.34. The smallest absolute Gasteiger partial charge is 0.236 e. The molecule has 1 fully saturated rings. The molecule has 0 amide bonds. The monoisotopic (exact) mass is 273 g/mol. The second-order valence-corrected chi connectivity index (χ2v) is 5.54. The predicted molar refractivity (Wildman–Crippen MR) is 74.3 cm³/mol. The summed E-state index contributed by atoms with van der Waals surface area (Å²) in [6.45, 7) is 3.09. The van der Waals surface area contributed by atoms with E-state index in [0.717, 1.165) is 18.7 Å². The van der Waals surface area contributed by atoms with Crippen LogP contribution in [0.25, 0.3) is 0 Å². The average Bonchev–Trinajstić information content (AvgIpc) is 3.07. The summed E-state index contributed by atoms with van der Waals surface area (Å²) in [6.07, 6.45) is 1.67. The molecule has 1 aromatic carbocycles. The Hall–Kier alpha value is -1.72. The Morgan fingerprint density at radius 3 is 2.80 bits per heavy atom. The molecule has 1 saturated heterocycles. The molecular weight excluding hydrogens is 254 g/mol. The quantitative estimate of drug-likeness (QED) is 0.913. The van der Waals surface area contributed by atoms with Gasteiger partial charge in [-0.15, -0.1) is 0 Å². The first kappa shape index (κ1) is 13.3. The fourth-order valence-electron chi connectivity index (χ4n) is 2.40. The maximum atomic E-state index is 6.07. The zero-order valence-corrected chi connectivity index (χ0v) is 11.6. The number of aromatic nitrogens is 2. The number of ether oxygens (including phenoxy) is 1. The fraction of sp³-hybridized carbons (Fsp3) is 0.467. The number of nitrogens with two attached hydrogens (primary N) is 1. The Balaban J connectivity index is 1.68. The molecule has 0 radical (unpaired) electrons. The van der Waals surface area contributed by atoms with Gasteiger partial charge in [0.1, 0.15) is 0 Å². The highest BCUT2D eigenvalue weighted by Crippen LogP contribution is 2.30. The van der Waals surface area contributed by atoms with E-state index in [4.69, 9.17) is 15.0 Å². The van der Waals surface area contributed by atoms with Gasteiger partial charge in [0.2, 0.25) is 5.89 Å². The van der Waals surface area contributed by atoms with Crippen molar-refractivity contribution < 1.29 is 9.26 Å². The SMILES string of the molecule is CC1(c2nc(CCc3ccccc3)no2)COCC1N. The lowest BCUT2D eigenvalue weighted by Crippen LogP contribution is -2.42. The van der Waals surface area contributed by atoms with E-state index in [9.17, 15) is 0 Å². The Kier molecular flexibility index (Phi) is 3.54. The Morgan fingerprint density at radius 2 is 2.10 bits per heavy atom. The molecule has 0 bridgehead atoms. The van der Waals surface area contributed by atoms with Crippen LogP contribution in [0, 0.1) is 0 Å². The third kappa shape index (κ3) is 2.46. The summed E-state index contributed by atoms with van der Waals surface area (Å²) in [5.74, 6) is 1.31. The Morgan fingerprint density at radius 1 is 1.30 bits per heavy atom. The summed E-state index contributed by atoms with van der Waals surface area (Å²) in [7, 11) is 0. The molecule has 1 aliphatic rings. The summed E-state index contributed by atoms with van der Waals surface area (Å²) in [5, 5.41) is 4.06. The minimum Gasteiger partial charge on any atom is -0.379 e. The molecule has 2 heterocycles. The molecule has 1 aromatic heterocycles. The van der Waals surface area contributed by atoms with Gasteiger partial charge >= 0.3 is 0 Å². The molecule has 5 nitrogen and oxygen atoms in total. The fourth-order valence-corrected chi connectivity index (χ4v) is 2.40. The molecule has 2 atom stereocenters. The van der Waals surface area contributed by atoms with Crippen LogP contribution in [0.2, 0.25) is 0 Å². The summed E-state index contributed by atoms with van der Waals surface area (Å²) in [5.41, 5.74) is 6.97. The molecule has 2 aromatic rings. The molecule has 1 aliphatic heterocycles. The van der Waals surface area contributed by atoms with Crippen LogP contribution < -0.4 is 5.73 Å². The van der Waals surface area contributed by atoms with Crippen LogP contribution in [0.1, 0.15) is 24.2 Å². The lowest BCUT2D eigenvalue weighted by atomic mass is 9.86. The van der Waals surface area contributed by atoms with Gasteiger partial charge in [0.05, 0.1) is 18.6 Å². The van der Waals surface area contributed by atoms with Gasteiger partial charge in [-0.25, -0.2) is 0 Å². The summed E-state index contributed by atoms with van der Waals surface area (Å²) < 4.78 is 10.8. The van der Waals surface area contributed by atoms with Gasteiger partial charge in [-0.05, 0) is 18.9 Å². The zero-order chi connectivity index (χ0) is 14.0. The number of hydrogen-bond acceptors (Lipinski definition) is 5. The molecule has 20 heavy (non-hydrogen) atoms. The van der Waals surface area contributed by atoms with E-state index in [-0.39, 0.29) is 11.5 Å². The van der Waals surface area contributed by atoms with Gasteiger partial charge in [0.25, 0.3) is 0 Å².